The first-order valence-electron chi connectivity index (χ1n) is 7.15. The van der Waals surface area contributed by atoms with Crippen molar-refractivity contribution >= 4 is 17.8 Å². The summed E-state index contributed by atoms with van der Waals surface area (Å²) < 4.78 is 4.61. The fourth-order valence-corrected chi connectivity index (χ4v) is 1.57. The molecule has 1 amide bonds. The summed E-state index contributed by atoms with van der Waals surface area (Å²) in [5.41, 5.74) is 16.5. The number of hydrogen-bond acceptors (Lipinski definition) is 7. The molecule has 0 bridgehead atoms. The average molecular weight is 302 g/mol. The van der Waals surface area contributed by atoms with Crippen molar-refractivity contribution in [1.82, 2.24) is 5.32 Å². The molecule has 2 atom stereocenters. The molecule has 0 saturated heterocycles. The zero-order chi connectivity index (χ0) is 16.3. The molecule has 0 aliphatic heterocycles. The van der Waals surface area contributed by atoms with Gasteiger partial charge in [0, 0.05) is 13.0 Å². The van der Waals surface area contributed by atoms with Gasteiger partial charge in [-0.05, 0) is 32.7 Å². The van der Waals surface area contributed by atoms with E-state index in [1.165, 1.54) is 0 Å². The van der Waals surface area contributed by atoms with Gasteiger partial charge in [0.15, 0.2) is 0 Å². The van der Waals surface area contributed by atoms with Crippen LogP contribution in [0.2, 0.25) is 0 Å². The van der Waals surface area contributed by atoms with E-state index >= 15 is 0 Å². The van der Waals surface area contributed by atoms with Crippen molar-refractivity contribution in [2.75, 3.05) is 13.1 Å². The van der Waals surface area contributed by atoms with Gasteiger partial charge in [0.05, 0.1) is 0 Å². The molecule has 122 valence electrons. The number of carbonyl (C=O) groups excluding carboxylic acids is 3. The maximum absolute atomic E-state index is 11.6. The summed E-state index contributed by atoms with van der Waals surface area (Å²) >= 11 is 0. The Balaban J connectivity index is 4.04. The standard InChI is InChI=1S/C13H26N4O4/c1-2-17-11(18)7-6-10(16)13(20)21-12(19)9(15)5-3-4-8-14/h9-10H,2-8,14-16H2,1H3,(H,17,18). The third kappa shape index (κ3) is 9.11. The molecule has 0 aliphatic carbocycles. The lowest BCUT2D eigenvalue weighted by Gasteiger charge is -2.13. The van der Waals surface area contributed by atoms with Crippen molar-refractivity contribution in [2.45, 2.75) is 51.1 Å². The smallest absolute Gasteiger partial charge is 0.330 e. The Kier molecular flexibility index (Phi) is 10.4. The van der Waals surface area contributed by atoms with Gasteiger partial charge in [-0.2, -0.15) is 0 Å². The monoisotopic (exact) mass is 302 g/mol. The quantitative estimate of drug-likeness (QED) is 0.224. The minimum absolute atomic E-state index is 0.0981. The predicted octanol–water partition coefficient (Wildman–Crippen LogP) is -1.24. The Morgan fingerprint density at radius 2 is 1.62 bits per heavy atom. The van der Waals surface area contributed by atoms with E-state index in [9.17, 15) is 14.4 Å². The third-order valence-corrected chi connectivity index (χ3v) is 2.83. The molecule has 0 rings (SSSR count). The largest absolute Gasteiger partial charge is 0.391 e. The molecule has 21 heavy (non-hydrogen) atoms. The number of hydrogen-bond donors (Lipinski definition) is 4. The van der Waals surface area contributed by atoms with Crippen LogP contribution in [-0.4, -0.2) is 43.0 Å². The van der Waals surface area contributed by atoms with Crippen LogP contribution in [0.15, 0.2) is 0 Å². The van der Waals surface area contributed by atoms with E-state index < -0.39 is 24.0 Å². The molecule has 2 unspecified atom stereocenters. The van der Waals surface area contributed by atoms with Crippen molar-refractivity contribution in [3.8, 4) is 0 Å². The number of carbonyl (C=O) groups is 3. The van der Waals surface area contributed by atoms with E-state index in [4.69, 9.17) is 17.2 Å². The van der Waals surface area contributed by atoms with Gasteiger partial charge in [0.25, 0.3) is 0 Å². The summed E-state index contributed by atoms with van der Waals surface area (Å²) in [5, 5.41) is 2.58. The first-order chi connectivity index (χ1) is 9.92. The first kappa shape index (κ1) is 19.5. The van der Waals surface area contributed by atoms with Crippen molar-refractivity contribution in [3.63, 3.8) is 0 Å². The normalized spacial score (nSPS) is 13.3. The molecule has 0 aromatic rings. The average Bonchev–Trinajstić information content (AvgIpc) is 2.44. The van der Waals surface area contributed by atoms with Crippen LogP contribution in [0.4, 0.5) is 0 Å². The molecule has 8 nitrogen and oxygen atoms in total. The summed E-state index contributed by atoms with van der Waals surface area (Å²) in [5.74, 6) is -1.87. The SMILES string of the molecule is CCNC(=O)CCC(N)C(=O)OC(=O)C(N)CCCCN. The van der Waals surface area contributed by atoms with E-state index in [2.05, 4.69) is 10.1 Å². The summed E-state index contributed by atoms with van der Waals surface area (Å²) in [6, 6.07) is -1.89. The topological polar surface area (TPSA) is 151 Å². The lowest BCUT2D eigenvalue weighted by Crippen LogP contribution is -2.40. The van der Waals surface area contributed by atoms with Crippen LogP contribution in [0.3, 0.4) is 0 Å². The molecule has 0 fully saturated rings. The fourth-order valence-electron chi connectivity index (χ4n) is 1.57. The van der Waals surface area contributed by atoms with Crippen molar-refractivity contribution in [2.24, 2.45) is 17.2 Å². The maximum atomic E-state index is 11.6. The van der Waals surface area contributed by atoms with Crippen LogP contribution in [0, 0.1) is 0 Å². The molecule has 0 heterocycles. The number of unbranched alkanes of at least 4 members (excludes halogenated alkanes) is 1. The molecule has 0 radical (unpaired) electrons. The summed E-state index contributed by atoms with van der Waals surface area (Å²) in [7, 11) is 0. The third-order valence-electron chi connectivity index (χ3n) is 2.83. The lowest BCUT2D eigenvalue weighted by atomic mass is 10.1. The van der Waals surface area contributed by atoms with Crippen molar-refractivity contribution in [3.05, 3.63) is 0 Å². The lowest BCUT2D eigenvalue weighted by molar-refractivity contribution is -0.161. The van der Waals surface area contributed by atoms with Gasteiger partial charge in [-0.15, -0.1) is 0 Å². The molecule has 0 aromatic carbocycles. The van der Waals surface area contributed by atoms with E-state index in [1.54, 1.807) is 6.92 Å². The van der Waals surface area contributed by atoms with Gasteiger partial charge in [-0.25, -0.2) is 9.59 Å². The van der Waals surface area contributed by atoms with Gasteiger partial charge >= 0.3 is 11.9 Å². The van der Waals surface area contributed by atoms with Crippen LogP contribution >= 0.6 is 0 Å². The summed E-state index contributed by atoms with van der Waals surface area (Å²) in [4.78, 5) is 34.4. The van der Waals surface area contributed by atoms with Crippen LogP contribution in [-0.2, 0) is 19.1 Å². The van der Waals surface area contributed by atoms with Crippen LogP contribution < -0.4 is 22.5 Å². The molecule has 0 aliphatic rings. The number of rotatable bonds is 10. The molecule has 0 spiro atoms. The van der Waals surface area contributed by atoms with Gasteiger partial charge in [-0.1, -0.05) is 6.42 Å². The van der Waals surface area contributed by atoms with Gasteiger partial charge in [0.2, 0.25) is 5.91 Å². The van der Waals surface area contributed by atoms with Crippen molar-refractivity contribution in [1.29, 1.82) is 0 Å². The minimum Gasteiger partial charge on any atom is -0.391 e. The number of amides is 1. The summed E-state index contributed by atoms with van der Waals surface area (Å²) in [6.07, 6.45) is 2.05. The predicted molar refractivity (Wildman–Crippen MR) is 77.9 cm³/mol. The number of nitrogens with one attached hydrogen (secondary N) is 1. The second-order valence-corrected chi connectivity index (χ2v) is 4.73. The second kappa shape index (κ2) is 11.2. The minimum atomic E-state index is -1.02. The Hall–Kier alpha value is -1.51. The van der Waals surface area contributed by atoms with Crippen molar-refractivity contribution < 1.29 is 19.1 Å². The first-order valence-corrected chi connectivity index (χ1v) is 7.15. The number of ether oxygens (including phenoxy) is 1. The zero-order valence-corrected chi connectivity index (χ0v) is 12.5. The van der Waals surface area contributed by atoms with Gasteiger partial charge in [0.1, 0.15) is 12.1 Å². The van der Waals surface area contributed by atoms with E-state index in [1.807, 2.05) is 0 Å². The highest BCUT2D eigenvalue weighted by Crippen LogP contribution is 2.03. The molecule has 0 aromatic heterocycles. The Labute approximate surface area is 124 Å². The highest BCUT2D eigenvalue weighted by atomic mass is 16.6. The molecule has 7 N–H and O–H groups in total. The Bertz CT molecular complexity index is 349. The maximum Gasteiger partial charge on any atom is 0.330 e. The molecule has 0 saturated carbocycles. The molecular formula is C13H26N4O4. The van der Waals surface area contributed by atoms with Gasteiger partial charge in [-0.3, -0.25) is 4.79 Å². The van der Waals surface area contributed by atoms with E-state index in [0.717, 1.165) is 6.42 Å². The highest BCUT2D eigenvalue weighted by Gasteiger charge is 2.23. The van der Waals surface area contributed by atoms with E-state index in [0.29, 0.717) is 25.9 Å². The Morgan fingerprint density at radius 3 is 2.14 bits per heavy atom. The van der Waals surface area contributed by atoms with Gasteiger partial charge < -0.3 is 27.3 Å². The van der Waals surface area contributed by atoms with E-state index in [-0.39, 0.29) is 18.7 Å². The zero-order valence-electron chi connectivity index (χ0n) is 12.5. The fraction of sp³-hybridized carbons (Fsp3) is 0.769. The molecule has 8 heteroatoms. The molecular weight excluding hydrogens is 276 g/mol. The van der Waals surface area contributed by atoms with Crippen LogP contribution in [0.1, 0.15) is 39.0 Å². The Morgan fingerprint density at radius 1 is 1.05 bits per heavy atom. The van der Waals surface area contributed by atoms with Crippen LogP contribution in [0.5, 0.6) is 0 Å². The van der Waals surface area contributed by atoms with Crippen LogP contribution in [0.25, 0.3) is 0 Å². The number of nitrogens with two attached hydrogens (primary N) is 3. The number of esters is 2. The summed E-state index contributed by atoms with van der Waals surface area (Å²) in [6.45, 7) is 2.82. The second-order valence-electron chi connectivity index (χ2n) is 4.73. The highest BCUT2D eigenvalue weighted by molar-refractivity contribution is 5.90.